The van der Waals surface area contributed by atoms with Crippen molar-refractivity contribution in [1.29, 1.82) is 0 Å². The van der Waals surface area contributed by atoms with Gasteiger partial charge in [0, 0.05) is 28.9 Å². The standard InChI is InChI=1S/C23H33N3O4S2.C6H11NO2/c1-15(2)30-22(27)25-17-11-12-18(20(13-17)32(28,29)26-23(3,4)5)19-14-24-21(31-19)16-9-7-6-8-10-16;7-6(8)9-5-3-1-2-4-5/h11-16,26H,6-10H2,1-5H3,(H,25,27);5H,1-4H2,(H2,7,8). The summed E-state index contributed by atoms with van der Waals surface area (Å²) in [5.41, 5.74) is 5.08. The lowest BCUT2D eigenvalue weighted by Gasteiger charge is -2.22. The van der Waals surface area contributed by atoms with Crippen molar-refractivity contribution in [2.45, 2.75) is 121 Å². The van der Waals surface area contributed by atoms with Gasteiger partial charge in [0.1, 0.15) is 6.10 Å². The maximum absolute atomic E-state index is 13.3. The van der Waals surface area contributed by atoms with Gasteiger partial charge in [0.15, 0.2) is 0 Å². The Labute approximate surface area is 247 Å². The van der Waals surface area contributed by atoms with Crippen molar-refractivity contribution in [1.82, 2.24) is 9.71 Å². The van der Waals surface area contributed by atoms with Crippen molar-refractivity contribution in [2.75, 3.05) is 5.32 Å². The quantitative estimate of drug-likeness (QED) is 0.309. The summed E-state index contributed by atoms with van der Waals surface area (Å²) in [5.74, 6) is 0.446. The number of amides is 2. The molecule has 0 atom stereocenters. The zero-order chi connectivity index (χ0) is 30.2. The third-order valence-electron chi connectivity index (χ3n) is 6.63. The van der Waals surface area contributed by atoms with Crippen molar-refractivity contribution >= 4 is 39.2 Å². The smallest absolute Gasteiger partial charge is 0.411 e. The van der Waals surface area contributed by atoms with Crippen molar-refractivity contribution in [3.63, 3.8) is 0 Å². The second-order valence-corrected chi connectivity index (χ2v) is 14.6. The van der Waals surface area contributed by atoms with E-state index in [0.717, 1.165) is 48.4 Å². The molecule has 2 aromatic rings. The van der Waals surface area contributed by atoms with Crippen LogP contribution in [0, 0.1) is 0 Å². The Bertz CT molecular complexity index is 1270. The molecule has 1 aromatic carbocycles. The SMILES string of the molecule is CC(C)OC(=O)Nc1ccc(-c2cnc(C3CCCCC3)s2)c(S(=O)(=O)NC(C)(C)C)c1.NC(=O)OC1CCCC1. The molecule has 2 saturated carbocycles. The molecule has 0 unspecified atom stereocenters. The van der Waals surface area contributed by atoms with Crippen LogP contribution in [0.2, 0.25) is 0 Å². The summed E-state index contributed by atoms with van der Waals surface area (Å²) >= 11 is 1.55. The molecule has 4 rings (SSSR count). The number of benzene rings is 1. The highest BCUT2D eigenvalue weighted by molar-refractivity contribution is 7.89. The van der Waals surface area contributed by atoms with Crippen LogP contribution in [0.15, 0.2) is 29.3 Å². The summed E-state index contributed by atoms with van der Waals surface area (Å²) in [6.07, 6.45) is 10.6. The fourth-order valence-corrected chi connectivity index (χ4v) is 7.82. The van der Waals surface area contributed by atoms with Crippen LogP contribution in [-0.2, 0) is 19.5 Å². The third kappa shape index (κ3) is 10.6. The van der Waals surface area contributed by atoms with Gasteiger partial charge in [0.05, 0.1) is 20.9 Å². The van der Waals surface area contributed by atoms with E-state index in [4.69, 9.17) is 15.2 Å². The molecule has 4 N–H and O–H groups in total. The molecule has 1 heterocycles. The second kappa shape index (κ2) is 14.5. The van der Waals surface area contributed by atoms with E-state index in [9.17, 15) is 18.0 Å². The number of ether oxygens (including phenoxy) is 2. The van der Waals surface area contributed by atoms with Crippen LogP contribution in [0.1, 0.15) is 103 Å². The number of sulfonamides is 1. The fraction of sp³-hybridized carbons (Fsp3) is 0.621. The summed E-state index contributed by atoms with van der Waals surface area (Å²) in [6.45, 7) is 8.87. The molecule has 41 heavy (non-hydrogen) atoms. The highest BCUT2D eigenvalue weighted by Crippen LogP contribution is 2.39. The molecule has 228 valence electrons. The lowest BCUT2D eigenvalue weighted by Crippen LogP contribution is -2.40. The fourth-order valence-electron chi connectivity index (χ4n) is 4.97. The summed E-state index contributed by atoms with van der Waals surface area (Å²) in [5, 5.41) is 3.68. The summed E-state index contributed by atoms with van der Waals surface area (Å²) < 4.78 is 39.2. The summed E-state index contributed by atoms with van der Waals surface area (Å²) in [4.78, 5) is 27.7. The molecule has 10 nitrogen and oxygen atoms in total. The van der Waals surface area contributed by atoms with Gasteiger partial charge >= 0.3 is 12.2 Å². The van der Waals surface area contributed by atoms with Gasteiger partial charge < -0.3 is 15.2 Å². The number of primary amides is 1. The van der Waals surface area contributed by atoms with Gasteiger partial charge in [-0.05, 0) is 85.3 Å². The Balaban J connectivity index is 0.000000436. The van der Waals surface area contributed by atoms with Gasteiger partial charge in [0.25, 0.3) is 0 Å². The number of nitrogens with zero attached hydrogens (tertiary/aromatic N) is 1. The first-order chi connectivity index (χ1) is 19.2. The van der Waals surface area contributed by atoms with Crippen molar-refractivity contribution in [3.8, 4) is 10.4 Å². The summed E-state index contributed by atoms with van der Waals surface area (Å²) in [6, 6.07) is 4.89. The highest BCUT2D eigenvalue weighted by Gasteiger charge is 2.27. The molecule has 0 bridgehead atoms. The number of anilines is 1. The predicted octanol–water partition coefficient (Wildman–Crippen LogP) is 6.92. The number of carbonyl (C=O) groups excluding carboxylic acids is 2. The third-order valence-corrected chi connectivity index (χ3v) is 9.62. The predicted molar refractivity (Wildman–Crippen MR) is 162 cm³/mol. The minimum atomic E-state index is -3.86. The van der Waals surface area contributed by atoms with E-state index in [-0.39, 0.29) is 17.1 Å². The number of hydrogen-bond donors (Lipinski definition) is 3. The Morgan fingerprint density at radius 1 is 1.05 bits per heavy atom. The van der Waals surface area contributed by atoms with E-state index in [1.165, 1.54) is 25.3 Å². The van der Waals surface area contributed by atoms with Crippen molar-refractivity contribution in [3.05, 3.63) is 29.4 Å². The number of carbonyl (C=O) groups is 2. The zero-order valence-corrected chi connectivity index (χ0v) is 26.3. The zero-order valence-electron chi connectivity index (χ0n) is 24.7. The molecule has 2 aliphatic rings. The molecule has 1 aromatic heterocycles. The maximum atomic E-state index is 13.3. The molecule has 2 amide bonds. The second-order valence-electron chi connectivity index (χ2n) is 11.9. The molecule has 0 saturated heterocycles. The Morgan fingerprint density at radius 3 is 2.27 bits per heavy atom. The van der Waals surface area contributed by atoms with E-state index >= 15 is 0 Å². The molecule has 0 spiro atoms. The van der Waals surface area contributed by atoms with E-state index in [1.54, 1.807) is 64.3 Å². The molecule has 2 aliphatic carbocycles. The first-order valence-electron chi connectivity index (χ1n) is 14.3. The van der Waals surface area contributed by atoms with E-state index < -0.39 is 27.7 Å². The minimum Gasteiger partial charge on any atom is -0.447 e. The molecular formula is C29H44N4O6S2. The lowest BCUT2D eigenvalue weighted by atomic mass is 9.90. The van der Waals surface area contributed by atoms with Crippen LogP contribution >= 0.6 is 11.3 Å². The average Bonchev–Trinajstić information content (AvgIpc) is 3.55. The monoisotopic (exact) mass is 608 g/mol. The Hall–Kier alpha value is -2.70. The molecule has 12 heteroatoms. The summed E-state index contributed by atoms with van der Waals surface area (Å²) in [7, 11) is -3.86. The van der Waals surface area contributed by atoms with Crippen LogP contribution in [0.3, 0.4) is 0 Å². The average molecular weight is 609 g/mol. The first kappa shape index (κ1) is 32.8. The largest absolute Gasteiger partial charge is 0.447 e. The van der Waals surface area contributed by atoms with Crippen LogP contribution in [0.25, 0.3) is 10.4 Å². The van der Waals surface area contributed by atoms with Gasteiger partial charge in [-0.1, -0.05) is 25.3 Å². The van der Waals surface area contributed by atoms with Crippen LogP contribution in [0.4, 0.5) is 15.3 Å². The van der Waals surface area contributed by atoms with Crippen LogP contribution in [0.5, 0.6) is 0 Å². The number of nitrogens with one attached hydrogen (secondary N) is 2. The van der Waals surface area contributed by atoms with Gasteiger partial charge in [-0.2, -0.15) is 0 Å². The lowest BCUT2D eigenvalue weighted by molar-refractivity contribution is 0.110. The number of rotatable bonds is 7. The highest BCUT2D eigenvalue weighted by atomic mass is 32.2. The van der Waals surface area contributed by atoms with E-state index in [1.807, 2.05) is 0 Å². The Morgan fingerprint density at radius 2 is 1.68 bits per heavy atom. The number of aromatic nitrogens is 1. The maximum Gasteiger partial charge on any atom is 0.411 e. The van der Waals surface area contributed by atoms with Crippen molar-refractivity contribution < 1.29 is 27.5 Å². The Kier molecular flexibility index (Phi) is 11.6. The topological polar surface area (TPSA) is 150 Å². The first-order valence-corrected chi connectivity index (χ1v) is 16.6. The van der Waals surface area contributed by atoms with Gasteiger partial charge in [-0.25, -0.2) is 27.7 Å². The number of nitrogens with two attached hydrogens (primary N) is 1. The molecule has 0 aliphatic heterocycles. The van der Waals surface area contributed by atoms with Gasteiger partial charge in [-0.15, -0.1) is 11.3 Å². The molecular weight excluding hydrogens is 564 g/mol. The number of thiazole rings is 1. The number of hydrogen-bond acceptors (Lipinski definition) is 8. The molecule has 0 radical (unpaired) electrons. The van der Waals surface area contributed by atoms with E-state index in [2.05, 4.69) is 15.0 Å². The normalized spacial score (nSPS) is 16.6. The van der Waals surface area contributed by atoms with Crippen LogP contribution < -0.4 is 15.8 Å². The molecule has 2 fully saturated rings. The van der Waals surface area contributed by atoms with E-state index in [0.29, 0.717) is 17.2 Å². The van der Waals surface area contributed by atoms with Gasteiger partial charge in [-0.3, -0.25) is 5.32 Å². The van der Waals surface area contributed by atoms with Gasteiger partial charge in [0.2, 0.25) is 10.0 Å². The van der Waals surface area contributed by atoms with Crippen molar-refractivity contribution in [2.24, 2.45) is 5.73 Å². The van der Waals surface area contributed by atoms with Crippen LogP contribution in [-0.4, -0.2) is 43.3 Å². The minimum absolute atomic E-state index is 0.105.